The second-order valence-electron chi connectivity index (χ2n) is 12.0. The zero-order valence-electron chi connectivity index (χ0n) is 23.0. The average Bonchev–Trinajstić information content (AvgIpc) is 2.92. The van der Waals surface area contributed by atoms with E-state index >= 15 is 0 Å². The lowest BCUT2D eigenvalue weighted by Crippen LogP contribution is -2.38. The van der Waals surface area contributed by atoms with Crippen LogP contribution in [0.1, 0.15) is 122 Å². The van der Waals surface area contributed by atoms with Gasteiger partial charge in [-0.2, -0.15) is 0 Å². The van der Waals surface area contributed by atoms with Crippen LogP contribution in [0.15, 0.2) is 12.7 Å². The van der Waals surface area contributed by atoms with E-state index in [4.69, 9.17) is 14.4 Å². The van der Waals surface area contributed by atoms with Gasteiger partial charge in [-0.1, -0.05) is 45.6 Å². The van der Waals surface area contributed by atoms with Crippen LogP contribution in [0.2, 0.25) is 0 Å². The average molecular weight is 507 g/mol. The van der Waals surface area contributed by atoms with Crippen molar-refractivity contribution in [2.75, 3.05) is 13.2 Å². The van der Waals surface area contributed by atoms with Crippen LogP contribution in [0, 0.1) is 29.6 Å². The molecule has 0 aliphatic heterocycles. The molecule has 1 unspecified atom stereocenters. The fourth-order valence-corrected chi connectivity index (χ4v) is 7.48. The van der Waals surface area contributed by atoms with Crippen LogP contribution in [0.4, 0.5) is 0 Å². The molecular weight excluding hydrogens is 452 g/mol. The van der Waals surface area contributed by atoms with E-state index in [-0.39, 0.29) is 12.1 Å². The molecule has 1 atom stereocenters. The molecule has 0 bridgehead atoms. The number of hydrogen-bond donors (Lipinski definition) is 1. The van der Waals surface area contributed by atoms with Crippen LogP contribution >= 0.6 is 0 Å². The van der Waals surface area contributed by atoms with Crippen molar-refractivity contribution in [1.29, 1.82) is 0 Å². The molecular formula is C31H54O5. The first-order valence-corrected chi connectivity index (χ1v) is 15.4. The summed E-state index contributed by atoms with van der Waals surface area (Å²) in [6.07, 6.45) is 23.8. The van der Waals surface area contributed by atoms with Gasteiger partial charge in [-0.25, -0.2) is 9.68 Å². The van der Waals surface area contributed by atoms with Gasteiger partial charge in [-0.05, 0) is 113 Å². The molecule has 3 aliphatic rings. The number of carbonyl (C=O) groups is 1. The van der Waals surface area contributed by atoms with Gasteiger partial charge in [-0.15, -0.1) is 0 Å². The van der Waals surface area contributed by atoms with Crippen molar-refractivity contribution in [3.8, 4) is 0 Å². The van der Waals surface area contributed by atoms with E-state index in [1.807, 2.05) is 0 Å². The first-order chi connectivity index (χ1) is 17.6. The summed E-state index contributed by atoms with van der Waals surface area (Å²) in [5.41, 5.74) is 0. The van der Waals surface area contributed by atoms with Crippen molar-refractivity contribution < 1.29 is 24.4 Å². The summed E-state index contributed by atoms with van der Waals surface area (Å²) >= 11 is 0. The quantitative estimate of drug-likeness (QED) is 0.0798. The lowest BCUT2D eigenvalue weighted by molar-refractivity contribution is -0.307. The first-order valence-electron chi connectivity index (χ1n) is 15.4. The molecule has 3 rings (SSSR count). The van der Waals surface area contributed by atoms with E-state index in [0.29, 0.717) is 24.5 Å². The zero-order valence-corrected chi connectivity index (χ0v) is 23.0. The Morgan fingerprint density at radius 1 is 0.833 bits per heavy atom. The maximum absolute atomic E-state index is 11.0. The van der Waals surface area contributed by atoms with Crippen LogP contribution in [0.25, 0.3) is 0 Å². The van der Waals surface area contributed by atoms with E-state index in [2.05, 4.69) is 13.5 Å². The SMILES string of the molecule is C=CC(=O)OCCCCCCOC1CCC(C(OO)C2CCC(C3CCC(CCC)CC3)CC2)CC1. The first kappa shape index (κ1) is 29.6. The van der Waals surface area contributed by atoms with E-state index in [1.54, 1.807) is 0 Å². The number of unbranched alkanes of at least 4 members (excludes halogenated alkanes) is 3. The number of carbonyl (C=O) groups excluding carboxylic acids is 1. The molecule has 5 nitrogen and oxygen atoms in total. The Kier molecular flexibility index (Phi) is 13.9. The Morgan fingerprint density at radius 3 is 1.94 bits per heavy atom. The minimum absolute atomic E-state index is 0.0161. The van der Waals surface area contributed by atoms with Crippen LogP contribution < -0.4 is 0 Å². The van der Waals surface area contributed by atoms with Crippen LogP contribution in [-0.2, 0) is 19.2 Å². The van der Waals surface area contributed by atoms with Gasteiger partial charge in [-0.3, -0.25) is 5.26 Å². The Labute approximate surface area is 220 Å². The van der Waals surface area contributed by atoms with Crippen molar-refractivity contribution in [3.63, 3.8) is 0 Å². The smallest absolute Gasteiger partial charge is 0.330 e. The number of hydrogen-bond acceptors (Lipinski definition) is 5. The van der Waals surface area contributed by atoms with Crippen molar-refractivity contribution >= 4 is 5.97 Å². The third kappa shape index (κ3) is 9.76. The molecule has 0 heterocycles. The second kappa shape index (κ2) is 16.8. The van der Waals surface area contributed by atoms with E-state index in [1.165, 1.54) is 70.3 Å². The van der Waals surface area contributed by atoms with Crippen molar-refractivity contribution in [3.05, 3.63) is 12.7 Å². The monoisotopic (exact) mass is 506 g/mol. The molecule has 5 heteroatoms. The molecule has 0 aromatic rings. The number of esters is 1. The largest absolute Gasteiger partial charge is 0.463 e. The second-order valence-corrected chi connectivity index (χ2v) is 12.0. The summed E-state index contributed by atoms with van der Waals surface area (Å²) in [6.45, 7) is 7.02. The normalized spacial score (nSPS) is 32.1. The molecule has 1 N–H and O–H groups in total. The molecule has 0 spiro atoms. The van der Waals surface area contributed by atoms with Gasteiger partial charge in [0.05, 0.1) is 18.8 Å². The number of rotatable bonds is 15. The topological polar surface area (TPSA) is 65.0 Å². The molecule has 0 aromatic carbocycles. The molecule has 3 aliphatic carbocycles. The zero-order chi connectivity index (χ0) is 25.6. The lowest BCUT2D eigenvalue weighted by Gasteiger charge is -2.41. The Bertz CT molecular complexity index is 598. The van der Waals surface area contributed by atoms with E-state index < -0.39 is 0 Å². The van der Waals surface area contributed by atoms with Crippen molar-refractivity contribution in [2.45, 2.75) is 135 Å². The summed E-state index contributed by atoms with van der Waals surface area (Å²) in [6, 6.07) is 0. The Hall–Kier alpha value is -0.910. The molecule has 0 amide bonds. The lowest BCUT2D eigenvalue weighted by atomic mass is 9.66. The van der Waals surface area contributed by atoms with Gasteiger partial charge >= 0.3 is 5.97 Å². The number of ether oxygens (including phenoxy) is 2. The Balaban J connectivity index is 1.25. The Morgan fingerprint density at radius 2 is 1.39 bits per heavy atom. The summed E-state index contributed by atoms with van der Waals surface area (Å²) in [7, 11) is 0. The third-order valence-electron chi connectivity index (χ3n) is 9.64. The van der Waals surface area contributed by atoms with E-state index in [9.17, 15) is 10.1 Å². The maximum atomic E-state index is 11.0. The fraction of sp³-hybridized carbons (Fsp3) is 0.903. The summed E-state index contributed by atoms with van der Waals surface area (Å²) in [5.74, 6) is 3.52. The highest BCUT2D eigenvalue weighted by Gasteiger charge is 2.38. The highest BCUT2D eigenvalue weighted by molar-refractivity contribution is 5.81. The summed E-state index contributed by atoms with van der Waals surface area (Å²) in [5, 5.41) is 9.83. The van der Waals surface area contributed by atoms with Gasteiger partial charge in [0.1, 0.15) is 0 Å². The molecule has 36 heavy (non-hydrogen) atoms. The summed E-state index contributed by atoms with van der Waals surface area (Å²) < 4.78 is 11.2. The summed E-state index contributed by atoms with van der Waals surface area (Å²) in [4.78, 5) is 16.2. The van der Waals surface area contributed by atoms with Gasteiger partial charge in [0.15, 0.2) is 0 Å². The molecule has 3 saturated carbocycles. The van der Waals surface area contributed by atoms with Crippen LogP contribution in [0.5, 0.6) is 0 Å². The molecule has 3 fully saturated rings. The van der Waals surface area contributed by atoms with Gasteiger partial charge in [0.25, 0.3) is 0 Å². The fourth-order valence-electron chi connectivity index (χ4n) is 7.48. The molecule has 0 aromatic heterocycles. The van der Waals surface area contributed by atoms with Crippen molar-refractivity contribution in [1.82, 2.24) is 0 Å². The van der Waals surface area contributed by atoms with Crippen LogP contribution in [-0.4, -0.2) is 36.6 Å². The highest BCUT2D eigenvalue weighted by atomic mass is 17.1. The van der Waals surface area contributed by atoms with Gasteiger partial charge < -0.3 is 9.47 Å². The molecule has 208 valence electrons. The predicted octanol–water partition coefficient (Wildman–Crippen LogP) is 8.12. The van der Waals surface area contributed by atoms with Gasteiger partial charge in [0, 0.05) is 12.7 Å². The van der Waals surface area contributed by atoms with E-state index in [0.717, 1.165) is 75.7 Å². The standard InChI is InChI=1S/C31H54O5/c1-3-9-24-10-12-25(13-11-24)26-14-16-27(17-15-26)31(36-33)28-18-20-29(21-19-28)34-22-7-5-6-8-23-35-30(32)4-2/h4,24-29,31,33H,2-3,5-23H2,1H3. The molecule has 0 saturated heterocycles. The minimum atomic E-state index is -0.338. The minimum Gasteiger partial charge on any atom is -0.463 e. The van der Waals surface area contributed by atoms with Crippen molar-refractivity contribution in [2.24, 2.45) is 29.6 Å². The predicted molar refractivity (Wildman–Crippen MR) is 145 cm³/mol. The maximum Gasteiger partial charge on any atom is 0.330 e. The molecule has 0 radical (unpaired) electrons. The highest BCUT2D eigenvalue weighted by Crippen LogP contribution is 2.45. The van der Waals surface area contributed by atoms with Crippen LogP contribution in [0.3, 0.4) is 0 Å². The third-order valence-corrected chi connectivity index (χ3v) is 9.64. The van der Waals surface area contributed by atoms with Gasteiger partial charge in [0.2, 0.25) is 0 Å².